The Balaban J connectivity index is 2.75. The van der Waals surface area contributed by atoms with Gasteiger partial charge in [0, 0.05) is 26.2 Å². The summed E-state index contributed by atoms with van der Waals surface area (Å²) in [6.45, 7) is 7.87. The van der Waals surface area contributed by atoms with Crippen LogP contribution < -0.4 is 9.47 Å². The van der Waals surface area contributed by atoms with E-state index in [1.807, 2.05) is 12.1 Å². The fourth-order valence-electron chi connectivity index (χ4n) is 2.77. The molecular weight excluding hydrogens is 344 g/mol. The van der Waals surface area contributed by atoms with Crippen LogP contribution in [0.5, 0.6) is 11.5 Å². The highest BCUT2D eigenvalue weighted by Gasteiger charge is 2.15. The van der Waals surface area contributed by atoms with E-state index in [1.54, 1.807) is 21.1 Å². The van der Waals surface area contributed by atoms with E-state index in [1.165, 1.54) is 11.6 Å². The SMILES string of the molecule is CCOC(=O)C=CC[C@H](Cc1ccc(OC)c(OCCCOC)c1)C(C)C. The van der Waals surface area contributed by atoms with Crippen molar-refractivity contribution >= 4 is 5.97 Å². The van der Waals surface area contributed by atoms with Gasteiger partial charge in [-0.15, -0.1) is 0 Å². The Morgan fingerprint density at radius 2 is 1.93 bits per heavy atom. The first-order valence-corrected chi connectivity index (χ1v) is 9.63. The molecule has 0 saturated heterocycles. The number of esters is 1. The molecule has 152 valence electrons. The molecule has 0 aromatic heterocycles. The van der Waals surface area contributed by atoms with Crippen LogP contribution in [0, 0.1) is 11.8 Å². The molecule has 0 aliphatic rings. The fraction of sp³-hybridized carbons (Fsp3) is 0.591. The highest BCUT2D eigenvalue weighted by molar-refractivity contribution is 5.81. The number of carbonyl (C=O) groups is 1. The Morgan fingerprint density at radius 3 is 2.56 bits per heavy atom. The molecule has 0 heterocycles. The minimum absolute atomic E-state index is 0.281. The zero-order chi connectivity index (χ0) is 20.1. The van der Waals surface area contributed by atoms with Gasteiger partial charge in [-0.2, -0.15) is 0 Å². The van der Waals surface area contributed by atoms with E-state index in [4.69, 9.17) is 18.9 Å². The smallest absolute Gasteiger partial charge is 0.330 e. The number of methoxy groups -OCH3 is 2. The maximum Gasteiger partial charge on any atom is 0.330 e. The summed E-state index contributed by atoms with van der Waals surface area (Å²) in [4.78, 5) is 11.5. The minimum Gasteiger partial charge on any atom is -0.493 e. The summed E-state index contributed by atoms with van der Waals surface area (Å²) < 4.78 is 21.3. The number of hydrogen-bond acceptors (Lipinski definition) is 5. The van der Waals surface area contributed by atoms with Gasteiger partial charge in [0.25, 0.3) is 0 Å². The average molecular weight is 379 g/mol. The molecule has 5 heteroatoms. The largest absolute Gasteiger partial charge is 0.493 e. The lowest BCUT2D eigenvalue weighted by molar-refractivity contribution is -0.137. The van der Waals surface area contributed by atoms with Crippen molar-refractivity contribution in [3.8, 4) is 11.5 Å². The summed E-state index contributed by atoms with van der Waals surface area (Å²) in [5, 5.41) is 0. The zero-order valence-corrected chi connectivity index (χ0v) is 17.3. The van der Waals surface area contributed by atoms with Gasteiger partial charge < -0.3 is 18.9 Å². The summed E-state index contributed by atoms with van der Waals surface area (Å²) >= 11 is 0. The Kier molecular flexibility index (Phi) is 11.3. The highest BCUT2D eigenvalue weighted by atomic mass is 16.5. The average Bonchev–Trinajstić information content (AvgIpc) is 2.64. The fourth-order valence-corrected chi connectivity index (χ4v) is 2.77. The van der Waals surface area contributed by atoms with Gasteiger partial charge in [-0.3, -0.25) is 0 Å². The molecule has 0 amide bonds. The maximum atomic E-state index is 11.5. The molecule has 0 saturated carbocycles. The molecule has 1 aromatic carbocycles. The van der Waals surface area contributed by atoms with Crippen molar-refractivity contribution in [3.05, 3.63) is 35.9 Å². The molecule has 1 aromatic rings. The predicted octanol–water partition coefficient (Wildman–Crippen LogP) is 4.43. The highest BCUT2D eigenvalue weighted by Crippen LogP contribution is 2.30. The minimum atomic E-state index is -0.281. The molecular formula is C22H34O5. The first kappa shape index (κ1) is 23.0. The number of rotatable bonds is 13. The van der Waals surface area contributed by atoms with Crippen molar-refractivity contribution in [2.45, 2.75) is 40.0 Å². The van der Waals surface area contributed by atoms with Crippen molar-refractivity contribution in [1.82, 2.24) is 0 Å². The Morgan fingerprint density at radius 1 is 1.15 bits per heavy atom. The van der Waals surface area contributed by atoms with Crippen molar-refractivity contribution in [2.75, 3.05) is 34.0 Å². The van der Waals surface area contributed by atoms with Crippen molar-refractivity contribution in [2.24, 2.45) is 11.8 Å². The number of allylic oxidation sites excluding steroid dienone is 1. The van der Waals surface area contributed by atoms with Gasteiger partial charge in [-0.25, -0.2) is 4.79 Å². The van der Waals surface area contributed by atoms with Crippen LogP contribution in [0.4, 0.5) is 0 Å². The number of carbonyl (C=O) groups excluding carboxylic acids is 1. The maximum absolute atomic E-state index is 11.5. The summed E-state index contributed by atoms with van der Waals surface area (Å²) in [7, 11) is 3.33. The Labute approximate surface area is 163 Å². The molecule has 0 bridgehead atoms. The van der Waals surface area contributed by atoms with Gasteiger partial charge >= 0.3 is 5.97 Å². The molecule has 0 aliphatic carbocycles. The molecule has 0 unspecified atom stereocenters. The quantitative estimate of drug-likeness (QED) is 0.289. The zero-order valence-electron chi connectivity index (χ0n) is 17.3. The Hall–Kier alpha value is -2.01. The lowest BCUT2D eigenvalue weighted by atomic mass is 9.86. The van der Waals surface area contributed by atoms with Crippen molar-refractivity contribution in [1.29, 1.82) is 0 Å². The number of benzene rings is 1. The first-order chi connectivity index (χ1) is 13.0. The third kappa shape index (κ3) is 8.96. The summed E-state index contributed by atoms with van der Waals surface area (Å²) in [5.74, 6) is 2.13. The van der Waals surface area contributed by atoms with Gasteiger partial charge in [0.2, 0.25) is 0 Å². The van der Waals surface area contributed by atoms with Crippen LogP contribution in [0.25, 0.3) is 0 Å². The Bertz CT molecular complexity index is 580. The molecule has 0 N–H and O–H groups in total. The van der Waals surface area contributed by atoms with Gasteiger partial charge in [-0.1, -0.05) is 26.0 Å². The van der Waals surface area contributed by atoms with Crippen LogP contribution in [0.15, 0.2) is 30.4 Å². The molecule has 5 nitrogen and oxygen atoms in total. The van der Waals surface area contributed by atoms with Gasteiger partial charge in [0.05, 0.1) is 20.3 Å². The lowest BCUT2D eigenvalue weighted by Crippen LogP contribution is -2.12. The van der Waals surface area contributed by atoms with E-state index in [-0.39, 0.29) is 5.97 Å². The van der Waals surface area contributed by atoms with Crippen LogP contribution in [-0.4, -0.2) is 40.0 Å². The molecule has 27 heavy (non-hydrogen) atoms. The van der Waals surface area contributed by atoms with E-state index >= 15 is 0 Å². The second kappa shape index (κ2) is 13.2. The summed E-state index contributed by atoms with van der Waals surface area (Å²) in [5.41, 5.74) is 1.20. The summed E-state index contributed by atoms with van der Waals surface area (Å²) in [6.07, 6.45) is 6.00. The third-order valence-corrected chi connectivity index (χ3v) is 4.40. The van der Waals surface area contributed by atoms with Crippen LogP contribution in [0.3, 0.4) is 0 Å². The monoisotopic (exact) mass is 378 g/mol. The normalized spacial score (nSPS) is 12.4. The molecule has 0 spiro atoms. The van der Waals surface area contributed by atoms with E-state index in [2.05, 4.69) is 26.0 Å². The standard InChI is InChI=1S/C22H34O5/c1-6-26-22(23)10-7-9-19(17(2)3)15-18-11-12-20(25-5)21(16-18)27-14-8-13-24-4/h7,10-12,16-17,19H,6,8-9,13-15H2,1-5H3/t19-/m1/s1. The molecule has 0 aliphatic heterocycles. The van der Waals surface area contributed by atoms with Crippen LogP contribution in [0.1, 0.15) is 39.2 Å². The molecule has 0 radical (unpaired) electrons. The van der Waals surface area contributed by atoms with E-state index in [0.717, 1.165) is 30.8 Å². The molecule has 1 atom stereocenters. The van der Waals surface area contributed by atoms with Crippen molar-refractivity contribution in [3.63, 3.8) is 0 Å². The second-order valence-corrected chi connectivity index (χ2v) is 6.78. The molecule has 0 fully saturated rings. The van der Waals surface area contributed by atoms with E-state index in [0.29, 0.717) is 31.7 Å². The van der Waals surface area contributed by atoms with E-state index in [9.17, 15) is 4.79 Å². The van der Waals surface area contributed by atoms with Crippen LogP contribution in [0.2, 0.25) is 0 Å². The lowest BCUT2D eigenvalue weighted by Gasteiger charge is -2.20. The van der Waals surface area contributed by atoms with Gasteiger partial charge in [-0.05, 0) is 49.3 Å². The van der Waals surface area contributed by atoms with Gasteiger partial charge in [0.1, 0.15) is 0 Å². The first-order valence-electron chi connectivity index (χ1n) is 9.63. The van der Waals surface area contributed by atoms with E-state index < -0.39 is 0 Å². The van der Waals surface area contributed by atoms with Crippen LogP contribution >= 0.6 is 0 Å². The second-order valence-electron chi connectivity index (χ2n) is 6.78. The van der Waals surface area contributed by atoms with Crippen LogP contribution in [-0.2, 0) is 20.7 Å². The number of hydrogen-bond donors (Lipinski definition) is 0. The summed E-state index contributed by atoms with van der Waals surface area (Å²) in [6, 6.07) is 6.08. The number of ether oxygens (including phenoxy) is 4. The van der Waals surface area contributed by atoms with Crippen molar-refractivity contribution < 1.29 is 23.7 Å². The van der Waals surface area contributed by atoms with Gasteiger partial charge in [0.15, 0.2) is 11.5 Å². The predicted molar refractivity (Wildman–Crippen MR) is 107 cm³/mol. The third-order valence-electron chi connectivity index (χ3n) is 4.40. The molecule has 1 rings (SSSR count). The topological polar surface area (TPSA) is 54.0 Å².